The van der Waals surface area contributed by atoms with Crippen molar-refractivity contribution >= 4 is 5.82 Å². The van der Waals surface area contributed by atoms with Gasteiger partial charge in [0.05, 0.1) is 0 Å². The highest BCUT2D eigenvalue weighted by atomic mass is 15.2. The molecule has 1 heterocycles. The first kappa shape index (κ1) is 12.3. The van der Waals surface area contributed by atoms with Gasteiger partial charge in [0, 0.05) is 12.7 Å². The molecule has 1 N–H and O–H groups in total. The summed E-state index contributed by atoms with van der Waals surface area (Å²) in [5, 5.41) is 11.4. The number of nitrogens with one attached hydrogen (secondary N) is 1. The van der Waals surface area contributed by atoms with E-state index in [2.05, 4.69) is 29.4 Å². The molecule has 1 aliphatic rings. The van der Waals surface area contributed by atoms with Gasteiger partial charge in [-0.15, -0.1) is 5.10 Å². The largest absolute Gasteiger partial charge is 0.368 e. The maximum Gasteiger partial charge on any atom is 0.148 e. The molecule has 0 spiro atoms. The molecule has 1 aliphatic carbocycles. The Morgan fingerprint density at radius 3 is 2.71 bits per heavy atom. The molecule has 3 nitrogen and oxygen atoms in total. The van der Waals surface area contributed by atoms with Crippen molar-refractivity contribution in [2.75, 3.05) is 11.9 Å². The average Bonchev–Trinajstić information content (AvgIpc) is 2.76. The maximum absolute atomic E-state index is 4.09. The Kier molecular flexibility index (Phi) is 3.97. The van der Waals surface area contributed by atoms with Gasteiger partial charge in [-0.2, -0.15) is 5.10 Å². The molecule has 0 saturated heterocycles. The van der Waals surface area contributed by atoms with Gasteiger partial charge in [0.1, 0.15) is 5.82 Å². The SMILES string of the molecule is CC(C)CC1(CNc2cccnn2)CCCC1. The first-order valence-corrected chi connectivity index (χ1v) is 6.72. The molecule has 0 radical (unpaired) electrons. The second-order valence-corrected chi connectivity index (χ2v) is 5.77. The van der Waals surface area contributed by atoms with Crippen molar-refractivity contribution < 1.29 is 0 Å². The monoisotopic (exact) mass is 233 g/mol. The van der Waals surface area contributed by atoms with Gasteiger partial charge in [-0.25, -0.2) is 0 Å². The number of hydrogen-bond acceptors (Lipinski definition) is 3. The van der Waals surface area contributed by atoms with Gasteiger partial charge in [-0.05, 0) is 42.7 Å². The van der Waals surface area contributed by atoms with E-state index in [9.17, 15) is 0 Å². The minimum absolute atomic E-state index is 0.492. The van der Waals surface area contributed by atoms with Crippen LogP contribution in [0.3, 0.4) is 0 Å². The van der Waals surface area contributed by atoms with Crippen molar-refractivity contribution in [3.05, 3.63) is 18.3 Å². The Hall–Kier alpha value is -1.12. The highest BCUT2D eigenvalue weighted by molar-refractivity contribution is 5.31. The number of rotatable bonds is 5. The van der Waals surface area contributed by atoms with Crippen LogP contribution in [0.4, 0.5) is 5.82 Å². The molecule has 1 aromatic rings. The first-order valence-electron chi connectivity index (χ1n) is 6.72. The Morgan fingerprint density at radius 2 is 2.12 bits per heavy atom. The van der Waals surface area contributed by atoms with Crippen molar-refractivity contribution in [3.8, 4) is 0 Å². The molecule has 1 aromatic heterocycles. The van der Waals surface area contributed by atoms with Crippen molar-refractivity contribution in [3.63, 3.8) is 0 Å². The van der Waals surface area contributed by atoms with Crippen LogP contribution in [0.2, 0.25) is 0 Å². The summed E-state index contributed by atoms with van der Waals surface area (Å²) in [7, 11) is 0. The minimum atomic E-state index is 0.492. The van der Waals surface area contributed by atoms with Crippen molar-refractivity contribution in [2.24, 2.45) is 11.3 Å². The van der Waals surface area contributed by atoms with Gasteiger partial charge in [-0.1, -0.05) is 26.7 Å². The number of aromatic nitrogens is 2. The van der Waals surface area contributed by atoms with E-state index in [1.54, 1.807) is 6.20 Å². The quantitative estimate of drug-likeness (QED) is 0.846. The molecule has 1 saturated carbocycles. The third-order valence-corrected chi connectivity index (χ3v) is 3.72. The normalized spacial score (nSPS) is 18.5. The highest BCUT2D eigenvalue weighted by Crippen LogP contribution is 2.43. The zero-order valence-electron chi connectivity index (χ0n) is 10.9. The molecule has 0 bridgehead atoms. The lowest BCUT2D eigenvalue weighted by molar-refractivity contribution is 0.252. The maximum atomic E-state index is 4.09. The summed E-state index contributed by atoms with van der Waals surface area (Å²) in [6.45, 7) is 5.69. The Balaban J connectivity index is 1.94. The van der Waals surface area contributed by atoms with E-state index in [0.29, 0.717) is 5.41 Å². The second-order valence-electron chi connectivity index (χ2n) is 5.77. The smallest absolute Gasteiger partial charge is 0.148 e. The topological polar surface area (TPSA) is 37.8 Å². The Labute approximate surface area is 104 Å². The molecule has 1 fully saturated rings. The summed E-state index contributed by atoms with van der Waals surface area (Å²) in [6.07, 6.45) is 8.52. The lowest BCUT2D eigenvalue weighted by Gasteiger charge is -2.31. The van der Waals surface area contributed by atoms with E-state index in [0.717, 1.165) is 18.3 Å². The number of nitrogens with zero attached hydrogens (tertiary/aromatic N) is 2. The number of hydrogen-bond donors (Lipinski definition) is 1. The van der Waals surface area contributed by atoms with E-state index in [-0.39, 0.29) is 0 Å². The fourth-order valence-electron chi connectivity index (χ4n) is 3.12. The summed E-state index contributed by atoms with van der Waals surface area (Å²) >= 11 is 0. The molecule has 3 heteroatoms. The highest BCUT2D eigenvalue weighted by Gasteiger charge is 2.34. The Bertz CT molecular complexity index is 329. The Morgan fingerprint density at radius 1 is 1.35 bits per heavy atom. The molecule has 0 unspecified atom stereocenters. The van der Waals surface area contributed by atoms with Crippen LogP contribution in [-0.2, 0) is 0 Å². The van der Waals surface area contributed by atoms with E-state index in [4.69, 9.17) is 0 Å². The van der Waals surface area contributed by atoms with Crippen LogP contribution in [0.15, 0.2) is 18.3 Å². The zero-order valence-corrected chi connectivity index (χ0v) is 10.9. The lowest BCUT2D eigenvalue weighted by Crippen LogP contribution is -2.28. The molecule has 0 aliphatic heterocycles. The van der Waals surface area contributed by atoms with Gasteiger partial charge in [0.15, 0.2) is 0 Å². The standard InChI is InChI=1S/C14H23N3/c1-12(2)10-14(7-3-4-8-14)11-15-13-6-5-9-16-17-13/h5-6,9,12H,3-4,7-8,10-11H2,1-2H3,(H,15,17). The van der Waals surface area contributed by atoms with E-state index < -0.39 is 0 Å². The summed E-state index contributed by atoms with van der Waals surface area (Å²) in [5.74, 6) is 1.68. The van der Waals surface area contributed by atoms with Crippen LogP contribution in [0, 0.1) is 11.3 Å². The average molecular weight is 233 g/mol. The minimum Gasteiger partial charge on any atom is -0.368 e. The molecular formula is C14H23N3. The summed E-state index contributed by atoms with van der Waals surface area (Å²) < 4.78 is 0. The third kappa shape index (κ3) is 3.42. The van der Waals surface area contributed by atoms with Gasteiger partial charge in [0.2, 0.25) is 0 Å². The van der Waals surface area contributed by atoms with Crippen LogP contribution in [0.1, 0.15) is 46.0 Å². The van der Waals surface area contributed by atoms with Gasteiger partial charge in [0.25, 0.3) is 0 Å². The van der Waals surface area contributed by atoms with Crippen LogP contribution in [0.25, 0.3) is 0 Å². The van der Waals surface area contributed by atoms with Crippen LogP contribution in [-0.4, -0.2) is 16.7 Å². The van der Waals surface area contributed by atoms with Crippen LogP contribution in [0.5, 0.6) is 0 Å². The van der Waals surface area contributed by atoms with E-state index in [1.807, 2.05) is 12.1 Å². The predicted octanol–water partition coefficient (Wildman–Crippen LogP) is 3.50. The van der Waals surface area contributed by atoms with Gasteiger partial charge >= 0.3 is 0 Å². The van der Waals surface area contributed by atoms with E-state index >= 15 is 0 Å². The lowest BCUT2D eigenvalue weighted by atomic mass is 9.78. The van der Waals surface area contributed by atoms with Crippen LogP contribution < -0.4 is 5.32 Å². The zero-order chi connectivity index (χ0) is 12.1. The summed E-state index contributed by atoms with van der Waals surface area (Å²) in [4.78, 5) is 0. The van der Waals surface area contributed by atoms with Crippen molar-refractivity contribution in [1.29, 1.82) is 0 Å². The van der Waals surface area contributed by atoms with Crippen LogP contribution >= 0.6 is 0 Å². The molecule has 0 amide bonds. The summed E-state index contributed by atoms with van der Waals surface area (Å²) in [6, 6.07) is 3.92. The summed E-state index contributed by atoms with van der Waals surface area (Å²) in [5.41, 5.74) is 0.492. The molecule has 2 rings (SSSR count). The predicted molar refractivity (Wildman–Crippen MR) is 70.9 cm³/mol. The second kappa shape index (κ2) is 5.48. The third-order valence-electron chi connectivity index (χ3n) is 3.72. The molecule has 94 valence electrons. The molecular weight excluding hydrogens is 210 g/mol. The van der Waals surface area contributed by atoms with E-state index in [1.165, 1.54) is 32.1 Å². The van der Waals surface area contributed by atoms with Gasteiger partial charge in [-0.3, -0.25) is 0 Å². The van der Waals surface area contributed by atoms with Gasteiger partial charge < -0.3 is 5.32 Å². The van der Waals surface area contributed by atoms with Crippen molar-refractivity contribution in [2.45, 2.75) is 46.0 Å². The molecule has 0 aromatic carbocycles. The fourth-order valence-corrected chi connectivity index (χ4v) is 3.12. The van der Waals surface area contributed by atoms with Crippen molar-refractivity contribution in [1.82, 2.24) is 10.2 Å². The molecule has 0 atom stereocenters. The fraction of sp³-hybridized carbons (Fsp3) is 0.714. The number of anilines is 1. The molecule has 17 heavy (non-hydrogen) atoms. The first-order chi connectivity index (χ1) is 8.20.